The molecule has 0 saturated carbocycles. The lowest BCUT2D eigenvalue weighted by Gasteiger charge is -2.04. The molecule has 0 bridgehead atoms. The van der Waals surface area contributed by atoms with Gasteiger partial charge in [0, 0.05) is 6.20 Å². The Labute approximate surface area is 103 Å². The molecule has 4 nitrogen and oxygen atoms in total. The van der Waals surface area contributed by atoms with Crippen LogP contribution in [-0.2, 0) is 0 Å². The maximum absolute atomic E-state index is 11.0. The lowest BCUT2D eigenvalue weighted by atomic mass is 10.0. The van der Waals surface area contributed by atoms with Crippen molar-refractivity contribution in [2.75, 3.05) is 0 Å². The SMILES string of the molecule is Cc1ccc(-c2ccnc(Cl)c2[N+](=O)[O-])cc1. The molecule has 5 heteroatoms. The van der Waals surface area contributed by atoms with E-state index in [-0.39, 0.29) is 10.8 Å². The minimum absolute atomic E-state index is 0.0897. The molecule has 0 atom stereocenters. The molecule has 0 saturated heterocycles. The Balaban J connectivity index is 2.63. The first-order valence-electron chi connectivity index (χ1n) is 4.95. The number of hydrogen-bond acceptors (Lipinski definition) is 3. The highest BCUT2D eigenvalue weighted by Gasteiger charge is 2.20. The van der Waals surface area contributed by atoms with Crippen LogP contribution in [0, 0.1) is 17.0 Å². The summed E-state index contributed by atoms with van der Waals surface area (Å²) in [5.41, 5.74) is 2.18. The molecule has 1 heterocycles. The van der Waals surface area contributed by atoms with Gasteiger partial charge in [-0.1, -0.05) is 41.4 Å². The number of pyridine rings is 1. The van der Waals surface area contributed by atoms with Crippen LogP contribution in [0.3, 0.4) is 0 Å². The summed E-state index contributed by atoms with van der Waals surface area (Å²) in [4.78, 5) is 14.2. The highest BCUT2D eigenvalue weighted by atomic mass is 35.5. The first kappa shape index (κ1) is 11.5. The third-order valence-corrected chi connectivity index (χ3v) is 2.70. The highest BCUT2D eigenvalue weighted by Crippen LogP contribution is 2.34. The summed E-state index contributed by atoms with van der Waals surface area (Å²) in [6.45, 7) is 1.96. The molecule has 0 aliphatic carbocycles. The van der Waals surface area contributed by atoms with Gasteiger partial charge in [0.15, 0.2) is 0 Å². The Morgan fingerprint density at radius 3 is 2.47 bits per heavy atom. The van der Waals surface area contributed by atoms with E-state index in [1.807, 2.05) is 31.2 Å². The van der Waals surface area contributed by atoms with Gasteiger partial charge in [0.25, 0.3) is 0 Å². The summed E-state index contributed by atoms with van der Waals surface area (Å²) in [5.74, 6) is 0. The monoisotopic (exact) mass is 248 g/mol. The van der Waals surface area contributed by atoms with E-state index in [0.717, 1.165) is 11.1 Å². The van der Waals surface area contributed by atoms with Crippen molar-refractivity contribution < 1.29 is 4.92 Å². The maximum Gasteiger partial charge on any atom is 0.314 e. The summed E-state index contributed by atoms with van der Waals surface area (Å²) in [6, 6.07) is 9.04. The van der Waals surface area contributed by atoms with E-state index in [0.29, 0.717) is 5.56 Å². The predicted molar refractivity (Wildman–Crippen MR) is 66.1 cm³/mol. The fourth-order valence-corrected chi connectivity index (χ4v) is 1.80. The van der Waals surface area contributed by atoms with Crippen LogP contribution in [0.1, 0.15) is 5.56 Å². The van der Waals surface area contributed by atoms with Crippen molar-refractivity contribution in [1.82, 2.24) is 4.98 Å². The third-order valence-electron chi connectivity index (χ3n) is 2.42. The number of rotatable bonds is 2. The van der Waals surface area contributed by atoms with Crippen LogP contribution in [0.5, 0.6) is 0 Å². The molecule has 0 aliphatic rings. The first-order chi connectivity index (χ1) is 8.09. The predicted octanol–water partition coefficient (Wildman–Crippen LogP) is 3.62. The van der Waals surface area contributed by atoms with Gasteiger partial charge in [-0.3, -0.25) is 10.1 Å². The normalized spacial score (nSPS) is 10.2. The molecular weight excluding hydrogens is 240 g/mol. The number of aryl methyl sites for hydroxylation is 1. The number of aromatic nitrogens is 1. The summed E-state index contributed by atoms with van der Waals surface area (Å²) in [6.07, 6.45) is 1.46. The number of nitrogens with zero attached hydrogens (tertiary/aromatic N) is 2. The lowest BCUT2D eigenvalue weighted by molar-refractivity contribution is -0.384. The Kier molecular flexibility index (Phi) is 3.06. The van der Waals surface area contributed by atoms with Crippen molar-refractivity contribution in [3.63, 3.8) is 0 Å². The van der Waals surface area contributed by atoms with Gasteiger partial charge in [-0.25, -0.2) is 4.98 Å². The molecule has 1 aromatic heterocycles. The van der Waals surface area contributed by atoms with Gasteiger partial charge in [-0.2, -0.15) is 0 Å². The molecule has 0 fully saturated rings. The van der Waals surface area contributed by atoms with Crippen LogP contribution >= 0.6 is 11.6 Å². The number of halogens is 1. The zero-order valence-corrected chi connectivity index (χ0v) is 9.81. The molecule has 0 radical (unpaired) electrons. The minimum Gasteiger partial charge on any atom is -0.258 e. The minimum atomic E-state index is -0.509. The Hall–Kier alpha value is -1.94. The number of hydrogen-bond donors (Lipinski definition) is 0. The molecule has 1 aromatic carbocycles. The zero-order valence-electron chi connectivity index (χ0n) is 9.05. The van der Waals surface area contributed by atoms with Crippen LogP contribution in [0.4, 0.5) is 5.69 Å². The van der Waals surface area contributed by atoms with Crippen molar-refractivity contribution in [2.45, 2.75) is 6.92 Å². The van der Waals surface area contributed by atoms with Crippen molar-refractivity contribution in [3.05, 3.63) is 57.4 Å². The van der Waals surface area contributed by atoms with Gasteiger partial charge in [0.2, 0.25) is 5.15 Å². The van der Waals surface area contributed by atoms with Crippen LogP contribution < -0.4 is 0 Å². The van der Waals surface area contributed by atoms with E-state index in [1.54, 1.807) is 6.07 Å². The van der Waals surface area contributed by atoms with Crippen LogP contribution in [0.15, 0.2) is 36.5 Å². The van der Waals surface area contributed by atoms with Gasteiger partial charge in [0.1, 0.15) is 0 Å². The molecule has 86 valence electrons. The van der Waals surface area contributed by atoms with E-state index in [2.05, 4.69) is 4.98 Å². The van der Waals surface area contributed by atoms with E-state index in [1.165, 1.54) is 6.20 Å². The smallest absolute Gasteiger partial charge is 0.258 e. The molecule has 0 unspecified atom stereocenters. The quantitative estimate of drug-likeness (QED) is 0.463. The van der Waals surface area contributed by atoms with Crippen molar-refractivity contribution in [2.24, 2.45) is 0 Å². The Morgan fingerprint density at radius 2 is 1.88 bits per heavy atom. The third kappa shape index (κ3) is 2.26. The number of benzene rings is 1. The second-order valence-corrected chi connectivity index (χ2v) is 3.98. The van der Waals surface area contributed by atoms with E-state index in [4.69, 9.17) is 11.6 Å². The fraction of sp³-hybridized carbons (Fsp3) is 0.0833. The Morgan fingerprint density at radius 1 is 1.24 bits per heavy atom. The average Bonchev–Trinajstić information content (AvgIpc) is 2.29. The molecule has 0 N–H and O–H groups in total. The van der Waals surface area contributed by atoms with E-state index >= 15 is 0 Å². The van der Waals surface area contributed by atoms with Crippen LogP contribution in [0.25, 0.3) is 11.1 Å². The number of nitro groups is 1. The van der Waals surface area contributed by atoms with Crippen molar-refractivity contribution in [1.29, 1.82) is 0 Å². The molecular formula is C12H9ClN2O2. The average molecular weight is 249 g/mol. The largest absolute Gasteiger partial charge is 0.314 e. The van der Waals surface area contributed by atoms with Crippen molar-refractivity contribution in [3.8, 4) is 11.1 Å². The molecule has 2 aromatic rings. The molecule has 0 spiro atoms. The summed E-state index contributed by atoms with van der Waals surface area (Å²) in [5, 5.41) is 10.9. The topological polar surface area (TPSA) is 56.0 Å². The van der Waals surface area contributed by atoms with E-state index < -0.39 is 4.92 Å². The Bertz CT molecular complexity index is 567. The summed E-state index contributed by atoms with van der Waals surface area (Å²) in [7, 11) is 0. The van der Waals surface area contributed by atoms with Gasteiger partial charge >= 0.3 is 5.69 Å². The van der Waals surface area contributed by atoms with Gasteiger partial charge in [-0.05, 0) is 18.6 Å². The first-order valence-corrected chi connectivity index (χ1v) is 5.33. The second kappa shape index (κ2) is 4.51. The van der Waals surface area contributed by atoms with Crippen molar-refractivity contribution >= 4 is 17.3 Å². The van der Waals surface area contributed by atoms with Crippen LogP contribution in [-0.4, -0.2) is 9.91 Å². The maximum atomic E-state index is 11.0. The lowest BCUT2D eigenvalue weighted by Crippen LogP contribution is -1.94. The summed E-state index contributed by atoms with van der Waals surface area (Å²) >= 11 is 5.75. The second-order valence-electron chi connectivity index (χ2n) is 3.62. The standard InChI is InChI=1S/C12H9ClN2O2/c1-8-2-4-9(5-3-8)10-6-7-14-12(13)11(10)15(16)17/h2-7H,1H3. The molecule has 0 aliphatic heterocycles. The molecule has 2 rings (SSSR count). The zero-order chi connectivity index (χ0) is 12.4. The highest BCUT2D eigenvalue weighted by molar-refractivity contribution is 6.32. The van der Waals surface area contributed by atoms with E-state index in [9.17, 15) is 10.1 Å². The fourth-order valence-electron chi connectivity index (χ4n) is 1.57. The van der Waals surface area contributed by atoms with Gasteiger partial charge in [-0.15, -0.1) is 0 Å². The van der Waals surface area contributed by atoms with Gasteiger partial charge < -0.3 is 0 Å². The van der Waals surface area contributed by atoms with Crippen LogP contribution in [0.2, 0.25) is 5.15 Å². The van der Waals surface area contributed by atoms with Gasteiger partial charge in [0.05, 0.1) is 10.5 Å². The molecule has 0 amide bonds. The summed E-state index contributed by atoms with van der Waals surface area (Å²) < 4.78 is 0. The molecule has 17 heavy (non-hydrogen) atoms.